The van der Waals surface area contributed by atoms with Crippen molar-refractivity contribution in [2.24, 2.45) is 0 Å². The first kappa shape index (κ1) is 20.0. The highest BCUT2D eigenvalue weighted by Gasteiger charge is 2.31. The summed E-state index contributed by atoms with van der Waals surface area (Å²) in [7, 11) is 1.49. The van der Waals surface area contributed by atoms with E-state index in [2.05, 4.69) is 36.9 Å². The van der Waals surface area contributed by atoms with Crippen molar-refractivity contribution in [3.05, 3.63) is 94.9 Å². The SMILES string of the molecule is C=CCc1cc(/C=C2\SC(=O)N(C)C2=O)ccc1OCc1ccc2ccccc2c1. The minimum Gasteiger partial charge on any atom is -0.489 e. The molecule has 2 amide bonds. The van der Waals surface area contributed by atoms with Gasteiger partial charge in [-0.3, -0.25) is 14.5 Å². The zero-order valence-electron chi connectivity index (χ0n) is 16.6. The Morgan fingerprint density at radius 2 is 1.83 bits per heavy atom. The molecule has 0 atom stereocenters. The smallest absolute Gasteiger partial charge is 0.293 e. The van der Waals surface area contributed by atoms with Crippen LogP contribution in [-0.4, -0.2) is 23.1 Å². The highest BCUT2D eigenvalue weighted by molar-refractivity contribution is 8.18. The molecule has 1 heterocycles. The summed E-state index contributed by atoms with van der Waals surface area (Å²) in [5, 5.41) is 2.13. The van der Waals surface area contributed by atoms with Gasteiger partial charge < -0.3 is 4.74 Å². The van der Waals surface area contributed by atoms with E-state index in [1.54, 1.807) is 6.08 Å². The number of carbonyl (C=O) groups excluding carboxylic acids is 2. The molecule has 4 nitrogen and oxygen atoms in total. The van der Waals surface area contributed by atoms with Crippen molar-refractivity contribution < 1.29 is 14.3 Å². The third kappa shape index (κ3) is 4.16. The van der Waals surface area contributed by atoms with E-state index in [1.807, 2.05) is 36.4 Å². The predicted octanol–water partition coefficient (Wildman–Crippen LogP) is 5.81. The molecule has 0 aliphatic carbocycles. The monoisotopic (exact) mass is 415 g/mol. The summed E-state index contributed by atoms with van der Waals surface area (Å²) >= 11 is 0.956. The zero-order chi connectivity index (χ0) is 21.1. The van der Waals surface area contributed by atoms with Gasteiger partial charge in [0.25, 0.3) is 11.1 Å². The quantitative estimate of drug-likeness (QED) is 0.376. The molecule has 1 fully saturated rings. The number of hydrogen-bond acceptors (Lipinski definition) is 4. The molecular formula is C25H21NO3S. The van der Waals surface area contributed by atoms with Crippen molar-refractivity contribution in [2.75, 3.05) is 7.05 Å². The van der Waals surface area contributed by atoms with E-state index in [-0.39, 0.29) is 11.1 Å². The lowest BCUT2D eigenvalue weighted by Gasteiger charge is -2.12. The molecule has 3 aromatic carbocycles. The van der Waals surface area contributed by atoms with Gasteiger partial charge in [0.15, 0.2) is 0 Å². The summed E-state index contributed by atoms with van der Waals surface area (Å²) in [4.78, 5) is 25.4. The standard InChI is InChI=1S/C25H21NO3S/c1-3-6-21-13-17(15-23-24(27)26(2)25(28)30-23)10-12-22(21)29-16-18-9-11-19-7-4-5-8-20(19)14-18/h3-5,7-15H,1,6,16H2,2H3/b23-15-. The van der Waals surface area contributed by atoms with Crippen molar-refractivity contribution in [3.8, 4) is 5.75 Å². The molecule has 1 aliphatic heterocycles. The average molecular weight is 416 g/mol. The lowest BCUT2D eigenvalue weighted by Crippen LogP contribution is -2.22. The molecule has 1 aliphatic rings. The van der Waals surface area contributed by atoms with Crippen molar-refractivity contribution in [3.63, 3.8) is 0 Å². The normalized spacial score (nSPS) is 15.2. The average Bonchev–Trinajstić information content (AvgIpc) is 3.00. The molecule has 0 aromatic heterocycles. The molecule has 0 N–H and O–H groups in total. The summed E-state index contributed by atoms with van der Waals surface area (Å²) < 4.78 is 6.10. The van der Waals surface area contributed by atoms with Crippen LogP contribution in [-0.2, 0) is 17.8 Å². The van der Waals surface area contributed by atoms with E-state index in [0.717, 1.165) is 39.1 Å². The number of benzene rings is 3. The maximum atomic E-state index is 12.1. The van der Waals surface area contributed by atoms with Crippen molar-refractivity contribution >= 4 is 39.8 Å². The molecule has 5 heteroatoms. The Labute approximate surface area is 179 Å². The van der Waals surface area contributed by atoms with Crippen LogP contribution in [0.4, 0.5) is 4.79 Å². The van der Waals surface area contributed by atoms with Crippen molar-refractivity contribution in [1.82, 2.24) is 4.90 Å². The van der Waals surface area contributed by atoms with Gasteiger partial charge in [-0.2, -0.15) is 0 Å². The molecular weight excluding hydrogens is 394 g/mol. The molecule has 0 unspecified atom stereocenters. The topological polar surface area (TPSA) is 46.6 Å². The van der Waals surface area contributed by atoms with Crippen LogP contribution in [0.2, 0.25) is 0 Å². The first-order valence-corrected chi connectivity index (χ1v) is 10.4. The van der Waals surface area contributed by atoms with Gasteiger partial charge in [-0.25, -0.2) is 0 Å². The lowest BCUT2D eigenvalue weighted by molar-refractivity contribution is -0.121. The maximum absolute atomic E-state index is 12.1. The van der Waals surface area contributed by atoms with E-state index in [4.69, 9.17) is 4.74 Å². The van der Waals surface area contributed by atoms with Gasteiger partial charge in [0.2, 0.25) is 0 Å². The Morgan fingerprint density at radius 3 is 2.57 bits per heavy atom. The van der Waals surface area contributed by atoms with E-state index < -0.39 is 0 Å². The lowest BCUT2D eigenvalue weighted by atomic mass is 10.1. The number of amides is 2. The number of nitrogens with zero attached hydrogens (tertiary/aromatic N) is 1. The molecule has 4 rings (SSSR count). The van der Waals surface area contributed by atoms with Crippen molar-refractivity contribution in [1.29, 1.82) is 0 Å². The molecule has 30 heavy (non-hydrogen) atoms. The molecule has 1 saturated heterocycles. The van der Waals surface area contributed by atoms with E-state index in [0.29, 0.717) is 17.9 Å². The summed E-state index contributed by atoms with van der Waals surface area (Å²) in [6.45, 7) is 4.30. The van der Waals surface area contributed by atoms with E-state index in [9.17, 15) is 9.59 Å². The third-order valence-corrected chi connectivity index (χ3v) is 5.90. The van der Waals surface area contributed by atoms with Gasteiger partial charge in [-0.15, -0.1) is 6.58 Å². The van der Waals surface area contributed by atoms with Crippen LogP contribution in [0, 0.1) is 0 Å². The summed E-state index contributed by atoms with van der Waals surface area (Å²) in [6, 6.07) is 20.3. The number of carbonyl (C=O) groups is 2. The number of likely N-dealkylation sites (N-methyl/N-ethyl adjacent to an activating group) is 1. The Bertz CT molecular complexity index is 1180. The number of allylic oxidation sites excluding steroid dienone is 1. The molecule has 0 radical (unpaired) electrons. The maximum Gasteiger partial charge on any atom is 0.293 e. The number of fused-ring (bicyclic) bond motifs is 1. The first-order valence-electron chi connectivity index (χ1n) is 9.61. The summed E-state index contributed by atoms with van der Waals surface area (Å²) in [5.74, 6) is 0.510. The number of ether oxygens (including phenoxy) is 1. The van der Waals surface area contributed by atoms with Crippen LogP contribution >= 0.6 is 11.8 Å². The first-order chi connectivity index (χ1) is 14.5. The van der Waals surface area contributed by atoms with Crippen LogP contribution in [0.15, 0.2) is 78.2 Å². The second-order valence-electron chi connectivity index (χ2n) is 7.07. The molecule has 0 saturated carbocycles. The third-order valence-electron chi connectivity index (χ3n) is 4.94. The Balaban J connectivity index is 1.55. The minimum absolute atomic E-state index is 0.257. The van der Waals surface area contributed by atoms with Crippen LogP contribution in [0.1, 0.15) is 16.7 Å². The van der Waals surface area contributed by atoms with Crippen LogP contribution in [0.5, 0.6) is 5.75 Å². The van der Waals surface area contributed by atoms with Gasteiger partial charge in [0.1, 0.15) is 12.4 Å². The molecule has 150 valence electrons. The Morgan fingerprint density at radius 1 is 1.03 bits per heavy atom. The number of thioether (sulfide) groups is 1. The van der Waals surface area contributed by atoms with Gasteiger partial charge >= 0.3 is 0 Å². The van der Waals surface area contributed by atoms with Crippen LogP contribution in [0.3, 0.4) is 0 Å². The minimum atomic E-state index is -0.271. The molecule has 0 bridgehead atoms. The second kappa shape index (κ2) is 8.59. The molecule has 0 spiro atoms. The van der Waals surface area contributed by atoms with E-state index >= 15 is 0 Å². The predicted molar refractivity (Wildman–Crippen MR) is 122 cm³/mol. The number of imide groups is 1. The number of rotatable bonds is 6. The van der Waals surface area contributed by atoms with Crippen LogP contribution in [0.25, 0.3) is 16.8 Å². The van der Waals surface area contributed by atoms with Crippen molar-refractivity contribution in [2.45, 2.75) is 13.0 Å². The fourth-order valence-electron chi connectivity index (χ4n) is 3.33. The van der Waals surface area contributed by atoms with Gasteiger partial charge in [0.05, 0.1) is 4.91 Å². The number of hydrogen-bond donors (Lipinski definition) is 0. The van der Waals surface area contributed by atoms with Gasteiger partial charge in [-0.1, -0.05) is 48.5 Å². The highest BCUT2D eigenvalue weighted by Crippen LogP contribution is 2.32. The zero-order valence-corrected chi connectivity index (χ0v) is 17.4. The fraction of sp³-hybridized carbons (Fsp3) is 0.120. The Kier molecular flexibility index (Phi) is 5.72. The molecule has 3 aromatic rings. The fourth-order valence-corrected chi connectivity index (χ4v) is 4.16. The summed E-state index contributed by atoms with van der Waals surface area (Å²) in [5.41, 5.74) is 2.93. The second-order valence-corrected chi connectivity index (χ2v) is 8.06. The van der Waals surface area contributed by atoms with Gasteiger partial charge in [-0.05, 0) is 69.9 Å². The largest absolute Gasteiger partial charge is 0.489 e. The van der Waals surface area contributed by atoms with E-state index in [1.165, 1.54) is 17.8 Å². The summed E-state index contributed by atoms with van der Waals surface area (Å²) in [6.07, 6.45) is 4.21. The van der Waals surface area contributed by atoms with Gasteiger partial charge in [0, 0.05) is 7.05 Å². The Hall–Kier alpha value is -3.31. The highest BCUT2D eigenvalue weighted by atomic mass is 32.2. The van der Waals surface area contributed by atoms with Crippen LogP contribution < -0.4 is 4.74 Å².